The largest absolute Gasteiger partial charge is 0.497 e. The van der Waals surface area contributed by atoms with Gasteiger partial charge in [0.25, 0.3) is 5.91 Å². The molecule has 0 unspecified atom stereocenters. The Hall–Kier alpha value is -3.55. The third-order valence-corrected chi connectivity index (χ3v) is 4.93. The first-order chi connectivity index (χ1) is 14.5. The van der Waals surface area contributed by atoms with Crippen molar-refractivity contribution in [2.75, 3.05) is 34.9 Å². The van der Waals surface area contributed by atoms with E-state index in [0.717, 1.165) is 11.3 Å². The number of benzene rings is 2. The fraction of sp³-hybridized carbons (Fsp3) is 0.318. The minimum Gasteiger partial charge on any atom is -0.497 e. The molecule has 0 N–H and O–H groups in total. The summed E-state index contributed by atoms with van der Waals surface area (Å²) in [6.07, 6.45) is 0.672. The maximum Gasteiger partial charge on any atom is 0.276 e. The molecule has 0 aliphatic rings. The van der Waals surface area contributed by atoms with E-state index in [4.69, 9.17) is 14.2 Å². The number of rotatable bonds is 8. The summed E-state index contributed by atoms with van der Waals surface area (Å²) in [5.74, 6) is 1.88. The molecule has 0 aliphatic heterocycles. The number of methoxy groups -OCH3 is 3. The molecule has 2 aromatic carbocycles. The highest BCUT2D eigenvalue weighted by Gasteiger charge is 2.21. The SMILES string of the molecule is COc1cccc(-n2nnc(C(=O)N(C)CCc3ccc(OC)c(OC)c3)c2C)c1. The van der Waals surface area contributed by atoms with E-state index < -0.39 is 0 Å². The predicted octanol–water partition coefficient (Wildman–Crippen LogP) is 2.92. The molecule has 0 saturated carbocycles. The van der Waals surface area contributed by atoms with Crippen molar-refractivity contribution in [3.63, 3.8) is 0 Å². The highest BCUT2D eigenvalue weighted by molar-refractivity contribution is 5.93. The van der Waals surface area contributed by atoms with Gasteiger partial charge in [-0.2, -0.15) is 0 Å². The van der Waals surface area contributed by atoms with Gasteiger partial charge in [-0.1, -0.05) is 17.3 Å². The summed E-state index contributed by atoms with van der Waals surface area (Å²) >= 11 is 0. The van der Waals surface area contributed by atoms with Gasteiger partial charge in [0.15, 0.2) is 17.2 Å². The number of ether oxygens (including phenoxy) is 3. The second kappa shape index (κ2) is 9.30. The first-order valence-corrected chi connectivity index (χ1v) is 9.51. The van der Waals surface area contributed by atoms with E-state index >= 15 is 0 Å². The van der Waals surface area contributed by atoms with Crippen LogP contribution in [0.3, 0.4) is 0 Å². The Labute approximate surface area is 176 Å². The third-order valence-electron chi connectivity index (χ3n) is 4.93. The van der Waals surface area contributed by atoms with Crippen LogP contribution in [0.1, 0.15) is 21.7 Å². The standard InChI is InChI=1S/C22H26N4O4/c1-15-21(23-24-26(15)17-7-6-8-18(14-17)28-3)22(27)25(2)12-11-16-9-10-19(29-4)20(13-16)30-5/h6-10,13-14H,11-12H2,1-5H3. The van der Waals surface area contributed by atoms with Gasteiger partial charge in [-0.15, -0.1) is 5.10 Å². The average Bonchev–Trinajstić information content (AvgIpc) is 3.17. The normalized spacial score (nSPS) is 10.6. The third kappa shape index (κ3) is 4.37. The number of carbonyl (C=O) groups excluding carboxylic acids is 1. The maximum atomic E-state index is 12.9. The molecule has 30 heavy (non-hydrogen) atoms. The zero-order chi connectivity index (χ0) is 21.7. The van der Waals surface area contributed by atoms with Crippen LogP contribution in [0.5, 0.6) is 17.2 Å². The van der Waals surface area contributed by atoms with Gasteiger partial charge in [0.2, 0.25) is 0 Å². The minimum absolute atomic E-state index is 0.179. The van der Waals surface area contributed by atoms with E-state index in [1.807, 2.05) is 49.4 Å². The van der Waals surface area contributed by atoms with Crippen molar-refractivity contribution in [2.45, 2.75) is 13.3 Å². The smallest absolute Gasteiger partial charge is 0.276 e. The highest BCUT2D eigenvalue weighted by atomic mass is 16.5. The summed E-state index contributed by atoms with van der Waals surface area (Å²) in [5, 5.41) is 8.28. The molecule has 1 amide bonds. The Morgan fingerprint density at radius 2 is 1.80 bits per heavy atom. The van der Waals surface area contributed by atoms with E-state index in [1.165, 1.54) is 0 Å². The Morgan fingerprint density at radius 3 is 2.50 bits per heavy atom. The monoisotopic (exact) mass is 410 g/mol. The second-order valence-corrected chi connectivity index (χ2v) is 6.80. The second-order valence-electron chi connectivity index (χ2n) is 6.80. The number of aromatic nitrogens is 3. The van der Waals surface area contributed by atoms with Crippen molar-refractivity contribution in [3.8, 4) is 22.9 Å². The molecule has 3 rings (SSSR count). The maximum absolute atomic E-state index is 12.9. The topological polar surface area (TPSA) is 78.7 Å². The van der Waals surface area contributed by atoms with Crippen LogP contribution >= 0.6 is 0 Å². The Morgan fingerprint density at radius 1 is 1.03 bits per heavy atom. The number of hydrogen-bond donors (Lipinski definition) is 0. The highest BCUT2D eigenvalue weighted by Crippen LogP contribution is 2.27. The molecule has 3 aromatic rings. The van der Waals surface area contributed by atoms with Gasteiger partial charge in [-0.3, -0.25) is 4.79 Å². The van der Waals surface area contributed by atoms with E-state index in [2.05, 4.69) is 10.3 Å². The molecule has 1 heterocycles. The molecule has 0 fully saturated rings. The summed E-state index contributed by atoms with van der Waals surface area (Å²) < 4.78 is 17.5. The fourth-order valence-electron chi connectivity index (χ4n) is 3.13. The van der Waals surface area contributed by atoms with Gasteiger partial charge in [0, 0.05) is 19.7 Å². The molecule has 8 nitrogen and oxygen atoms in total. The van der Waals surface area contributed by atoms with E-state index in [-0.39, 0.29) is 5.91 Å². The van der Waals surface area contributed by atoms with Crippen LogP contribution in [0.2, 0.25) is 0 Å². The van der Waals surface area contributed by atoms with Crippen molar-refractivity contribution >= 4 is 5.91 Å². The zero-order valence-corrected chi connectivity index (χ0v) is 17.9. The molecule has 0 atom stereocenters. The van der Waals surface area contributed by atoms with Crippen molar-refractivity contribution in [1.29, 1.82) is 0 Å². The van der Waals surface area contributed by atoms with Gasteiger partial charge in [-0.25, -0.2) is 4.68 Å². The van der Waals surface area contributed by atoms with Gasteiger partial charge in [0.1, 0.15) is 5.75 Å². The molecule has 158 valence electrons. The minimum atomic E-state index is -0.179. The summed E-state index contributed by atoms with van der Waals surface area (Å²) in [5.41, 5.74) is 2.83. The van der Waals surface area contributed by atoms with Crippen LogP contribution in [0, 0.1) is 6.92 Å². The summed E-state index contributed by atoms with van der Waals surface area (Å²) in [6.45, 7) is 2.36. The molecular weight excluding hydrogens is 384 g/mol. The number of amides is 1. The van der Waals surface area contributed by atoms with E-state index in [0.29, 0.717) is 41.6 Å². The van der Waals surface area contributed by atoms with Gasteiger partial charge in [0.05, 0.1) is 32.7 Å². The molecule has 0 aliphatic carbocycles. The van der Waals surface area contributed by atoms with Crippen LogP contribution in [0.25, 0.3) is 5.69 Å². The Kier molecular flexibility index (Phi) is 6.56. The van der Waals surface area contributed by atoms with Crippen LogP contribution in [0.15, 0.2) is 42.5 Å². The van der Waals surface area contributed by atoms with E-state index in [9.17, 15) is 4.79 Å². The summed E-state index contributed by atoms with van der Waals surface area (Å²) in [6, 6.07) is 13.2. The van der Waals surface area contributed by atoms with Crippen LogP contribution < -0.4 is 14.2 Å². The Balaban J connectivity index is 1.71. The van der Waals surface area contributed by atoms with Gasteiger partial charge in [-0.05, 0) is 43.2 Å². The van der Waals surface area contributed by atoms with Crippen molar-refractivity contribution < 1.29 is 19.0 Å². The number of carbonyl (C=O) groups is 1. The lowest BCUT2D eigenvalue weighted by Gasteiger charge is -2.17. The first kappa shape index (κ1) is 21.2. The molecule has 0 saturated heterocycles. The van der Waals surface area contributed by atoms with Gasteiger partial charge < -0.3 is 19.1 Å². The van der Waals surface area contributed by atoms with Crippen LogP contribution in [-0.4, -0.2) is 60.7 Å². The van der Waals surface area contributed by atoms with Crippen molar-refractivity contribution in [1.82, 2.24) is 19.9 Å². The average molecular weight is 410 g/mol. The predicted molar refractivity (Wildman–Crippen MR) is 113 cm³/mol. The summed E-state index contributed by atoms with van der Waals surface area (Å²) in [7, 11) is 6.57. The van der Waals surface area contributed by atoms with Crippen LogP contribution in [0.4, 0.5) is 0 Å². The number of likely N-dealkylation sites (N-methyl/N-ethyl adjacent to an activating group) is 1. The fourth-order valence-corrected chi connectivity index (χ4v) is 3.13. The van der Waals surface area contributed by atoms with Crippen molar-refractivity contribution in [2.24, 2.45) is 0 Å². The van der Waals surface area contributed by atoms with E-state index in [1.54, 1.807) is 38.0 Å². The molecule has 0 radical (unpaired) electrons. The lowest BCUT2D eigenvalue weighted by Crippen LogP contribution is -2.29. The molecule has 0 bridgehead atoms. The van der Waals surface area contributed by atoms with Gasteiger partial charge >= 0.3 is 0 Å². The first-order valence-electron chi connectivity index (χ1n) is 9.51. The summed E-state index contributed by atoms with van der Waals surface area (Å²) in [4.78, 5) is 14.6. The number of hydrogen-bond acceptors (Lipinski definition) is 6. The lowest BCUT2D eigenvalue weighted by molar-refractivity contribution is 0.0790. The van der Waals surface area contributed by atoms with Crippen LogP contribution in [-0.2, 0) is 6.42 Å². The molecule has 1 aromatic heterocycles. The Bertz CT molecular complexity index is 1030. The van der Waals surface area contributed by atoms with Crippen molar-refractivity contribution in [3.05, 3.63) is 59.4 Å². The number of nitrogens with zero attached hydrogens (tertiary/aromatic N) is 4. The lowest BCUT2D eigenvalue weighted by atomic mass is 10.1. The quantitative estimate of drug-likeness (QED) is 0.568. The molecule has 0 spiro atoms. The molecule has 8 heteroatoms. The zero-order valence-electron chi connectivity index (χ0n) is 17.9. The molecular formula is C22H26N4O4.